The number of ether oxygens (including phenoxy) is 1. The van der Waals surface area contributed by atoms with Crippen molar-refractivity contribution in [3.05, 3.63) is 0 Å². The predicted octanol–water partition coefficient (Wildman–Crippen LogP) is 3.52. The molecule has 1 saturated heterocycles. The van der Waals surface area contributed by atoms with Crippen LogP contribution >= 0.6 is 23.5 Å². The van der Waals surface area contributed by atoms with Gasteiger partial charge in [0.1, 0.15) is 0 Å². The number of aliphatic imine (C=N–C) groups is 1. The Kier molecular flexibility index (Phi) is 9.12. The first kappa shape index (κ1) is 20.2. The SMILES string of the molecule is CCSC1CCCC(NC(=NC)NCC2(SCC)CCOCC2)C1. The third kappa shape index (κ3) is 6.34. The lowest BCUT2D eigenvalue weighted by molar-refractivity contribution is 0.0782. The molecule has 2 aliphatic rings. The zero-order valence-electron chi connectivity index (χ0n) is 15.6. The summed E-state index contributed by atoms with van der Waals surface area (Å²) in [6, 6.07) is 0.568. The van der Waals surface area contributed by atoms with E-state index in [2.05, 4.69) is 53.0 Å². The van der Waals surface area contributed by atoms with Gasteiger partial charge in [0.05, 0.1) is 0 Å². The first-order valence-electron chi connectivity index (χ1n) is 9.52. The molecule has 0 amide bonds. The molecule has 2 rings (SSSR count). The van der Waals surface area contributed by atoms with Crippen molar-refractivity contribution in [2.75, 3.05) is 38.3 Å². The molecule has 1 heterocycles. The lowest BCUT2D eigenvalue weighted by Gasteiger charge is -2.37. The van der Waals surface area contributed by atoms with Gasteiger partial charge in [-0.2, -0.15) is 23.5 Å². The molecule has 0 bridgehead atoms. The van der Waals surface area contributed by atoms with E-state index in [0.717, 1.165) is 49.6 Å². The molecule has 0 aromatic carbocycles. The second-order valence-corrected chi connectivity index (χ2v) is 10.0. The predicted molar refractivity (Wildman–Crippen MR) is 110 cm³/mol. The van der Waals surface area contributed by atoms with Gasteiger partial charge in [-0.15, -0.1) is 0 Å². The Hall–Kier alpha value is -0.0700. The summed E-state index contributed by atoms with van der Waals surface area (Å²) in [6.45, 7) is 7.27. The van der Waals surface area contributed by atoms with Gasteiger partial charge in [0, 0.05) is 42.8 Å². The number of rotatable bonds is 7. The van der Waals surface area contributed by atoms with Crippen molar-refractivity contribution in [3.63, 3.8) is 0 Å². The van der Waals surface area contributed by atoms with Crippen LogP contribution in [0.1, 0.15) is 52.4 Å². The zero-order chi connectivity index (χ0) is 17.3. The monoisotopic (exact) mass is 373 g/mol. The molecule has 2 fully saturated rings. The van der Waals surface area contributed by atoms with E-state index >= 15 is 0 Å². The minimum Gasteiger partial charge on any atom is -0.381 e. The van der Waals surface area contributed by atoms with Crippen LogP contribution in [-0.2, 0) is 4.74 Å². The number of nitrogens with one attached hydrogen (secondary N) is 2. The van der Waals surface area contributed by atoms with Gasteiger partial charge < -0.3 is 15.4 Å². The van der Waals surface area contributed by atoms with Crippen LogP contribution in [0.4, 0.5) is 0 Å². The molecular formula is C18H35N3OS2. The summed E-state index contributed by atoms with van der Waals surface area (Å²) < 4.78 is 5.87. The summed E-state index contributed by atoms with van der Waals surface area (Å²) in [5.41, 5.74) is 0. The molecule has 0 aromatic rings. The van der Waals surface area contributed by atoms with Gasteiger partial charge in [0.15, 0.2) is 5.96 Å². The molecule has 1 aliphatic heterocycles. The number of nitrogens with zero attached hydrogens (tertiary/aromatic N) is 1. The third-order valence-electron chi connectivity index (χ3n) is 5.03. The zero-order valence-corrected chi connectivity index (χ0v) is 17.2. The summed E-state index contributed by atoms with van der Waals surface area (Å²) in [6.07, 6.45) is 7.51. The van der Waals surface area contributed by atoms with Crippen LogP contribution in [0.3, 0.4) is 0 Å². The van der Waals surface area contributed by atoms with E-state index in [1.54, 1.807) is 0 Å². The fourth-order valence-electron chi connectivity index (χ4n) is 3.72. The quantitative estimate of drug-likeness (QED) is 0.528. The molecule has 0 aromatic heterocycles. The van der Waals surface area contributed by atoms with Gasteiger partial charge in [-0.3, -0.25) is 4.99 Å². The van der Waals surface area contributed by atoms with Crippen molar-refractivity contribution < 1.29 is 4.74 Å². The Labute approximate surface area is 156 Å². The molecule has 1 aliphatic carbocycles. The molecule has 2 N–H and O–H groups in total. The third-order valence-corrected chi connectivity index (χ3v) is 7.71. The number of thioether (sulfide) groups is 2. The summed E-state index contributed by atoms with van der Waals surface area (Å²) >= 11 is 4.19. The molecule has 0 spiro atoms. The van der Waals surface area contributed by atoms with Gasteiger partial charge in [0.2, 0.25) is 0 Å². The highest BCUT2D eigenvalue weighted by molar-refractivity contribution is 8.00. The van der Waals surface area contributed by atoms with Crippen LogP contribution in [0.25, 0.3) is 0 Å². The lowest BCUT2D eigenvalue weighted by Crippen LogP contribution is -2.51. The molecule has 2 unspecified atom stereocenters. The average Bonchev–Trinajstić information content (AvgIpc) is 2.60. The Morgan fingerprint density at radius 1 is 1.21 bits per heavy atom. The Balaban J connectivity index is 1.82. The van der Waals surface area contributed by atoms with Crippen LogP contribution < -0.4 is 10.6 Å². The van der Waals surface area contributed by atoms with Gasteiger partial charge in [-0.05, 0) is 43.6 Å². The van der Waals surface area contributed by atoms with E-state index < -0.39 is 0 Å². The van der Waals surface area contributed by atoms with Crippen molar-refractivity contribution in [3.8, 4) is 0 Å². The minimum atomic E-state index is 0.303. The Morgan fingerprint density at radius 2 is 2.00 bits per heavy atom. The van der Waals surface area contributed by atoms with Crippen molar-refractivity contribution in [2.45, 2.75) is 68.4 Å². The second kappa shape index (κ2) is 10.8. The minimum absolute atomic E-state index is 0.303. The van der Waals surface area contributed by atoms with Crippen LogP contribution in [0, 0.1) is 0 Å². The van der Waals surface area contributed by atoms with Crippen LogP contribution in [0.15, 0.2) is 4.99 Å². The molecule has 6 heteroatoms. The Morgan fingerprint density at radius 3 is 2.67 bits per heavy atom. The average molecular weight is 374 g/mol. The fraction of sp³-hybridized carbons (Fsp3) is 0.944. The van der Waals surface area contributed by atoms with Gasteiger partial charge in [0.25, 0.3) is 0 Å². The molecule has 0 radical (unpaired) electrons. The van der Waals surface area contributed by atoms with E-state index in [1.807, 2.05) is 7.05 Å². The van der Waals surface area contributed by atoms with Crippen LogP contribution in [0.5, 0.6) is 0 Å². The van der Waals surface area contributed by atoms with Crippen molar-refractivity contribution >= 4 is 29.5 Å². The summed E-state index contributed by atoms with van der Waals surface area (Å²) in [5.74, 6) is 3.36. The smallest absolute Gasteiger partial charge is 0.191 e. The molecule has 2 atom stereocenters. The maximum atomic E-state index is 5.57. The highest BCUT2D eigenvalue weighted by Crippen LogP contribution is 2.34. The maximum Gasteiger partial charge on any atom is 0.191 e. The number of hydrogen-bond donors (Lipinski definition) is 2. The van der Waals surface area contributed by atoms with Gasteiger partial charge in [-0.25, -0.2) is 0 Å². The summed E-state index contributed by atoms with van der Waals surface area (Å²) in [4.78, 5) is 4.48. The van der Waals surface area contributed by atoms with Crippen molar-refractivity contribution in [1.82, 2.24) is 10.6 Å². The van der Waals surface area contributed by atoms with E-state index in [1.165, 1.54) is 31.4 Å². The molecule has 140 valence electrons. The maximum absolute atomic E-state index is 5.57. The highest BCUT2D eigenvalue weighted by atomic mass is 32.2. The molecule has 1 saturated carbocycles. The Bertz CT molecular complexity index is 379. The highest BCUT2D eigenvalue weighted by Gasteiger charge is 2.33. The first-order valence-corrected chi connectivity index (χ1v) is 11.5. The number of guanidine groups is 1. The summed E-state index contributed by atoms with van der Waals surface area (Å²) in [5, 5.41) is 8.11. The van der Waals surface area contributed by atoms with E-state index in [4.69, 9.17) is 4.74 Å². The largest absolute Gasteiger partial charge is 0.381 e. The molecular weight excluding hydrogens is 338 g/mol. The van der Waals surface area contributed by atoms with Gasteiger partial charge in [-0.1, -0.05) is 20.3 Å². The fourth-order valence-corrected chi connectivity index (χ4v) is 6.13. The molecule has 24 heavy (non-hydrogen) atoms. The topological polar surface area (TPSA) is 45.7 Å². The van der Waals surface area contributed by atoms with Gasteiger partial charge >= 0.3 is 0 Å². The van der Waals surface area contributed by atoms with Crippen LogP contribution in [-0.4, -0.2) is 60.3 Å². The van der Waals surface area contributed by atoms with Crippen molar-refractivity contribution in [2.24, 2.45) is 4.99 Å². The van der Waals surface area contributed by atoms with E-state index in [0.29, 0.717) is 10.8 Å². The van der Waals surface area contributed by atoms with E-state index in [-0.39, 0.29) is 0 Å². The number of hydrogen-bond acceptors (Lipinski definition) is 4. The van der Waals surface area contributed by atoms with Crippen LogP contribution in [0.2, 0.25) is 0 Å². The second-order valence-electron chi connectivity index (χ2n) is 6.74. The molecule has 4 nitrogen and oxygen atoms in total. The standard InChI is InChI=1S/C18H35N3OS2/c1-4-23-16-8-6-7-15(13-16)21-17(19-3)20-14-18(24-5-2)9-11-22-12-10-18/h15-16H,4-14H2,1-3H3,(H2,19,20,21). The summed E-state index contributed by atoms with van der Waals surface area (Å²) in [7, 11) is 1.89. The van der Waals surface area contributed by atoms with Crippen molar-refractivity contribution in [1.29, 1.82) is 0 Å². The normalized spacial score (nSPS) is 27.7. The van der Waals surface area contributed by atoms with E-state index in [9.17, 15) is 0 Å². The lowest BCUT2D eigenvalue weighted by atomic mass is 9.95. The first-order chi connectivity index (χ1) is 11.7.